The second kappa shape index (κ2) is 19.4. The van der Waals surface area contributed by atoms with Gasteiger partial charge in [0, 0.05) is 10.8 Å². The fourth-order valence-corrected chi connectivity index (χ4v) is 19.3. The molecule has 4 heterocycles. The molecule has 0 bridgehead atoms. The molecular formula is C75H50GeN6. The van der Waals surface area contributed by atoms with Gasteiger partial charge in [-0.1, -0.05) is 48.3 Å². The number of nitrogens with zero attached hydrogens (tertiary/aromatic N) is 6. The summed E-state index contributed by atoms with van der Waals surface area (Å²) >= 11 is -6.39. The van der Waals surface area contributed by atoms with E-state index in [0.29, 0.717) is 13.7 Å². The van der Waals surface area contributed by atoms with Gasteiger partial charge in [-0.2, -0.15) is 0 Å². The van der Waals surface area contributed by atoms with Crippen LogP contribution in [0.15, 0.2) is 302 Å². The van der Waals surface area contributed by atoms with Crippen LogP contribution >= 0.6 is 0 Å². The van der Waals surface area contributed by atoms with Gasteiger partial charge in [-0.05, 0) is 12.1 Å². The summed E-state index contributed by atoms with van der Waals surface area (Å²) in [6, 6.07) is -26.4. The Labute approximate surface area is 532 Å². The van der Waals surface area contributed by atoms with Crippen LogP contribution in [-0.4, -0.2) is 41.9 Å². The second-order valence-corrected chi connectivity index (χ2v) is 25.7. The summed E-state index contributed by atoms with van der Waals surface area (Å²) in [6.45, 7) is 0. The third-order valence-electron chi connectivity index (χ3n) is 13.8. The minimum atomic E-state index is -6.39. The predicted octanol–water partition coefficient (Wildman–Crippen LogP) is 15.5. The topological polar surface area (TPSA) is 53.5 Å². The monoisotopic (exact) mass is 1150 g/mol. The van der Waals surface area contributed by atoms with Crippen LogP contribution < -0.4 is 17.6 Å². The molecule has 0 aliphatic rings. The zero-order chi connectivity index (χ0) is 89.0. The van der Waals surface area contributed by atoms with Crippen LogP contribution in [-0.2, 0) is 0 Å². The fraction of sp³-hybridized carbons (Fsp3) is 0. The van der Waals surface area contributed by atoms with Gasteiger partial charge in [0.15, 0.2) is 0 Å². The molecule has 16 rings (SSSR count). The van der Waals surface area contributed by atoms with Crippen molar-refractivity contribution >= 4 is 96.3 Å². The van der Waals surface area contributed by atoms with Crippen molar-refractivity contribution in [1.82, 2.24) is 28.7 Å². The minimum absolute atomic E-state index is 0.0276. The zero-order valence-electron chi connectivity index (χ0n) is 81.5. The Morgan fingerprint density at radius 2 is 0.732 bits per heavy atom. The Hall–Kier alpha value is -10.4. The van der Waals surface area contributed by atoms with E-state index in [-0.39, 0.29) is 8.79 Å². The molecule has 0 N–H and O–H groups in total. The molecule has 0 unspecified atom stereocenters. The Morgan fingerprint density at radius 1 is 0.293 bits per heavy atom. The van der Waals surface area contributed by atoms with E-state index in [1.165, 1.54) is 60.7 Å². The summed E-state index contributed by atoms with van der Waals surface area (Å²) in [5, 5.41) is -4.04. The standard InChI is InChI=1S/C75H50GeN6/c1-4-24-51(25-5-1)52-26-22-32-56(48-52)76(54-28-6-2-7-29-54,55-30-8-3-9-31-55)57-33-23-27-53(49-57)73-77-74(64-39-15-21-45-71(64)81-68-42-18-12-36-61(68)62-37-13-19-43-69(62)81)79-75(78-73)82-70-44-20-14-38-63(70)65-50-58(46-47-72(65)82)80-66-40-16-10-34-59(66)60-35-11-17-41-67(60)80/h1-50H/i1D,4D,5D,10D,11D,12D,13D,14D,15D,16D,17D,18D,19D,20D,21D,22D,23D,24D,25D,26D,27D,32D,33D,34D,35D,36D,37D,38D,39D,40D,41D,42D,43D,44D,45D,46D,47D,48D,49D,50D. The molecule has 4 aromatic heterocycles. The van der Waals surface area contributed by atoms with E-state index in [4.69, 9.17) is 30.0 Å². The van der Waals surface area contributed by atoms with Gasteiger partial charge >= 0.3 is 432 Å². The van der Waals surface area contributed by atoms with Crippen LogP contribution in [0.3, 0.4) is 0 Å². The Morgan fingerprint density at radius 3 is 1.32 bits per heavy atom. The molecule has 0 spiro atoms. The fourth-order valence-electron chi connectivity index (χ4n) is 10.3. The number of rotatable bonds is 10. The molecule has 82 heavy (non-hydrogen) atoms. The Bertz CT molecular complexity index is 7350. The molecule has 16 aromatic rings. The second-order valence-electron chi connectivity index (χ2n) is 18.1. The first kappa shape index (κ1) is 22.3. The number of aromatic nitrogens is 6. The van der Waals surface area contributed by atoms with Crippen LogP contribution in [0.1, 0.15) is 54.8 Å². The first-order valence-corrected chi connectivity index (χ1v) is 28.9. The van der Waals surface area contributed by atoms with Gasteiger partial charge in [-0.25, -0.2) is 0 Å². The van der Waals surface area contributed by atoms with Crippen molar-refractivity contribution in [3.8, 4) is 51.2 Å². The van der Waals surface area contributed by atoms with E-state index in [0.717, 1.165) is 0 Å². The van der Waals surface area contributed by atoms with E-state index in [1.807, 2.05) is 0 Å². The van der Waals surface area contributed by atoms with Crippen molar-refractivity contribution < 1.29 is 54.8 Å². The first-order chi connectivity index (χ1) is 57.3. The molecule has 0 radical (unpaired) electrons. The zero-order valence-corrected chi connectivity index (χ0v) is 43.6. The van der Waals surface area contributed by atoms with Crippen LogP contribution in [0.4, 0.5) is 0 Å². The molecule has 0 saturated heterocycles. The van der Waals surface area contributed by atoms with Crippen molar-refractivity contribution in [3.63, 3.8) is 0 Å². The molecular weight excluding hydrogens is 1060 g/mol. The van der Waals surface area contributed by atoms with Crippen molar-refractivity contribution in [1.29, 1.82) is 0 Å². The van der Waals surface area contributed by atoms with E-state index >= 15 is 0 Å². The number of fused-ring (bicyclic) bond motifs is 9. The molecule has 6 nitrogen and oxygen atoms in total. The van der Waals surface area contributed by atoms with Crippen molar-refractivity contribution in [3.05, 3.63) is 302 Å². The maximum absolute atomic E-state index is 11.0. The van der Waals surface area contributed by atoms with Crippen LogP contribution in [0.5, 0.6) is 0 Å². The summed E-state index contributed by atoms with van der Waals surface area (Å²) in [4.78, 5) is 14.4. The number of hydrogen-bond donors (Lipinski definition) is 0. The molecule has 0 fully saturated rings. The Balaban J connectivity index is 1.15. The SMILES string of the molecule is [2H]c1c([2H])c([2H])c(-c2c([2H])c([2H])c([2H])[c]([Ge]([c]3ccccc3)([c]3ccccc3)[c]3c([2H])c([2H])c([2H])c(-c4nc(-c5c([2H])c([2H])c([2H])c([2H])c5-n5c6c([2H])c([2H])c([2H])c([2H])c6c6c([2H])c([2H])c([2H])c([2H])c65)nc(-n5c6c([2H])c([2H])c([2H])c([2H])c6c6c([2H])c(-n7c8c([2H])c([2H])c([2H])c([2H])c8c8c([2H])c([2H])c([2H])c([2H])c87)c([2H])c([2H])c65)n4)c3[2H])c2[2H])c([2H])c1[2H]. The van der Waals surface area contributed by atoms with E-state index in [9.17, 15) is 39.8 Å². The van der Waals surface area contributed by atoms with Gasteiger partial charge in [-0.15, -0.1) is 0 Å². The molecule has 0 aliphatic heterocycles. The number of hydrogen-bond acceptors (Lipinski definition) is 3. The maximum atomic E-state index is 11.0. The van der Waals surface area contributed by atoms with Crippen molar-refractivity contribution in [2.24, 2.45) is 0 Å². The summed E-state index contributed by atoms with van der Waals surface area (Å²) in [5.41, 5.74) is -10.4. The summed E-state index contributed by atoms with van der Waals surface area (Å²) in [6.07, 6.45) is 0. The van der Waals surface area contributed by atoms with Gasteiger partial charge in [-0.3, -0.25) is 0 Å². The van der Waals surface area contributed by atoms with Crippen molar-refractivity contribution in [2.45, 2.75) is 0 Å². The van der Waals surface area contributed by atoms with E-state index in [2.05, 4.69) is 0 Å². The van der Waals surface area contributed by atoms with Gasteiger partial charge in [0.25, 0.3) is 0 Å². The first-order valence-electron chi connectivity index (χ1n) is 44.7. The summed E-state index contributed by atoms with van der Waals surface area (Å²) < 4.78 is 380. The van der Waals surface area contributed by atoms with E-state index < -0.39 is 380 Å². The van der Waals surface area contributed by atoms with Gasteiger partial charge in [0.05, 0.1) is 30.2 Å². The third-order valence-corrected chi connectivity index (χ3v) is 23.0. The number of para-hydroxylation sites is 6. The average molecular weight is 1150 g/mol. The Kier molecular flexibility index (Phi) is 5.28. The quantitative estimate of drug-likeness (QED) is 0.128. The molecule has 0 saturated carbocycles. The molecule has 0 atom stereocenters. The average Bonchev–Trinajstić information content (AvgIpc) is 1.40. The van der Waals surface area contributed by atoms with Gasteiger partial charge in [0.1, 0.15) is 0 Å². The van der Waals surface area contributed by atoms with Gasteiger partial charge in [0.2, 0.25) is 0 Å². The third kappa shape index (κ3) is 7.53. The normalized spacial score (nSPS) is 18.7. The van der Waals surface area contributed by atoms with Crippen LogP contribution in [0.25, 0.3) is 117 Å². The van der Waals surface area contributed by atoms with Crippen molar-refractivity contribution in [2.75, 3.05) is 0 Å². The van der Waals surface area contributed by atoms with E-state index in [1.54, 1.807) is 0 Å². The predicted molar refractivity (Wildman–Crippen MR) is 343 cm³/mol. The number of benzene rings is 12. The molecule has 384 valence electrons. The van der Waals surface area contributed by atoms with Crippen LogP contribution in [0, 0.1) is 0 Å². The van der Waals surface area contributed by atoms with Gasteiger partial charge < -0.3 is 0 Å². The molecule has 0 aliphatic carbocycles. The molecule has 7 heteroatoms. The van der Waals surface area contributed by atoms with Crippen LogP contribution in [0.2, 0.25) is 0 Å². The summed E-state index contributed by atoms with van der Waals surface area (Å²) in [5.74, 6) is -3.54. The molecule has 12 aromatic carbocycles. The summed E-state index contributed by atoms with van der Waals surface area (Å²) in [7, 11) is 0. The molecule has 0 amide bonds.